The van der Waals surface area contributed by atoms with Crippen LogP contribution < -0.4 is 5.32 Å². The van der Waals surface area contributed by atoms with Crippen molar-refractivity contribution in [1.82, 2.24) is 10.2 Å². The molecule has 0 saturated heterocycles. The Morgan fingerprint density at radius 3 is 2.23 bits per heavy atom. The summed E-state index contributed by atoms with van der Waals surface area (Å²) in [7, 11) is 0. The van der Waals surface area contributed by atoms with Crippen LogP contribution in [-0.4, -0.2) is 59.8 Å². The van der Waals surface area contributed by atoms with E-state index in [2.05, 4.69) is 12.2 Å². The van der Waals surface area contributed by atoms with Crippen molar-refractivity contribution in [2.45, 2.75) is 58.3 Å². The summed E-state index contributed by atoms with van der Waals surface area (Å²) in [6.07, 6.45) is 8.80. The first kappa shape index (κ1) is 20.9. The lowest BCUT2D eigenvalue weighted by atomic mass is 10.1. The molecule has 0 aromatic carbocycles. The van der Waals surface area contributed by atoms with Crippen molar-refractivity contribution in [3.05, 3.63) is 0 Å². The highest BCUT2D eigenvalue weighted by Gasteiger charge is 2.09. The van der Waals surface area contributed by atoms with Gasteiger partial charge in [0.2, 0.25) is 5.91 Å². The fourth-order valence-corrected chi connectivity index (χ4v) is 2.29. The summed E-state index contributed by atoms with van der Waals surface area (Å²) in [6, 6.07) is 0. The topological polar surface area (TPSA) is 89.9 Å². The standard InChI is InChI=1S/C16H32N2O4/c1-2-3-4-5-6-7-8-9-15(20)17-10-11-18(12-13-19)14-16(21)22/h19H,2-14H2,1H3,(H,17,20)(H,21,22). The van der Waals surface area contributed by atoms with E-state index >= 15 is 0 Å². The molecule has 0 saturated carbocycles. The molecule has 0 fully saturated rings. The van der Waals surface area contributed by atoms with Crippen LogP contribution in [-0.2, 0) is 9.59 Å². The third kappa shape index (κ3) is 13.8. The second kappa shape index (κ2) is 14.8. The van der Waals surface area contributed by atoms with Gasteiger partial charge in [0, 0.05) is 26.1 Å². The van der Waals surface area contributed by atoms with Crippen molar-refractivity contribution in [2.24, 2.45) is 0 Å². The number of hydrogen-bond acceptors (Lipinski definition) is 4. The molecule has 0 rings (SSSR count). The van der Waals surface area contributed by atoms with Gasteiger partial charge in [0.05, 0.1) is 13.2 Å². The largest absolute Gasteiger partial charge is 0.480 e. The fourth-order valence-electron chi connectivity index (χ4n) is 2.29. The van der Waals surface area contributed by atoms with Gasteiger partial charge < -0.3 is 15.5 Å². The summed E-state index contributed by atoms with van der Waals surface area (Å²) in [6.45, 7) is 3.16. The van der Waals surface area contributed by atoms with Crippen LogP contribution in [0.15, 0.2) is 0 Å². The van der Waals surface area contributed by atoms with Crippen molar-refractivity contribution in [3.63, 3.8) is 0 Å². The molecule has 0 aliphatic carbocycles. The molecule has 0 aliphatic rings. The molecule has 0 aliphatic heterocycles. The van der Waals surface area contributed by atoms with Crippen LogP contribution in [0.2, 0.25) is 0 Å². The second-order valence-electron chi connectivity index (χ2n) is 5.61. The van der Waals surface area contributed by atoms with Gasteiger partial charge in [-0.15, -0.1) is 0 Å². The van der Waals surface area contributed by atoms with E-state index in [4.69, 9.17) is 10.2 Å². The van der Waals surface area contributed by atoms with E-state index in [0.717, 1.165) is 12.8 Å². The van der Waals surface area contributed by atoms with E-state index in [1.54, 1.807) is 4.90 Å². The fraction of sp³-hybridized carbons (Fsp3) is 0.875. The van der Waals surface area contributed by atoms with Crippen LogP contribution in [0.3, 0.4) is 0 Å². The third-order valence-corrected chi connectivity index (χ3v) is 3.53. The van der Waals surface area contributed by atoms with Crippen molar-refractivity contribution in [3.8, 4) is 0 Å². The molecule has 3 N–H and O–H groups in total. The van der Waals surface area contributed by atoms with E-state index in [9.17, 15) is 9.59 Å². The number of nitrogens with zero attached hydrogens (tertiary/aromatic N) is 1. The van der Waals surface area contributed by atoms with Crippen LogP contribution in [0.4, 0.5) is 0 Å². The Hall–Kier alpha value is -1.14. The molecule has 0 heterocycles. The van der Waals surface area contributed by atoms with Crippen molar-refractivity contribution in [1.29, 1.82) is 0 Å². The Labute approximate surface area is 133 Å². The summed E-state index contributed by atoms with van der Waals surface area (Å²) >= 11 is 0. The minimum absolute atomic E-state index is 0.0211. The normalized spacial score (nSPS) is 10.9. The molecule has 1 amide bonds. The SMILES string of the molecule is CCCCCCCCCC(=O)NCCN(CCO)CC(=O)O. The zero-order chi connectivity index (χ0) is 16.6. The monoisotopic (exact) mass is 316 g/mol. The molecular weight excluding hydrogens is 284 g/mol. The van der Waals surface area contributed by atoms with Crippen LogP contribution in [0, 0.1) is 0 Å². The van der Waals surface area contributed by atoms with Crippen molar-refractivity contribution >= 4 is 11.9 Å². The minimum atomic E-state index is -0.928. The summed E-state index contributed by atoms with van der Waals surface area (Å²) in [5, 5.41) is 20.4. The number of rotatable bonds is 15. The summed E-state index contributed by atoms with van der Waals surface area (Å²) < 4.78 is 0. The predicted octanol–water partition coefficient (Wildman–Crippen LogP) is 1.62. The molecule has 6 nitrogen and oxygen atoms in total. The first-order chi connectivity index (χ1) is 10.6. The maximum atomic E-state index is 11.6. The molecule has 0 radical (unpaired) electrons. The Balaban J connectivity index is 3.56. The maximum absolute atomic E-state index is 11.6. The van der Waals surface area contributed by atoms with E-state index in [0.29, 0.717) is 26.1 Å². The second-order valence-corrected chi connectivity index (χ2v) is 5.61. The number of carboxylic acids is 1. The van der Waals surface area contributed by atoms with Crippen LogP contribution in [0.5, 0.6) is 0 Å². The minimum Gasteiger partial charge on any atom is -0.480 e. The van der Waals surface area contributed by atoms with Gasteiger partial charge >= 0.3 is 5.97 Å². The van der Waals surface area contributed by atoms with E-state index in [-0.39, 0.29) is 19.1 Å². The molecular formula is C16H32N2O4. The number of unbranched alkanes of at least 4 members (excludes halogenated alkanes) is 6. The lowest BCUT2D eigenvalue weighted by Crippen LogP contribution is -2.39. The molecule has 0 bridgehead atoms. The van der Waals surface area contributed by atoms with Crippen molar-refractivity contribution in [2.75, 3.05) is 32.8 Å². The molecule has 0 aromatic rings. The summed E-state index contributed by atoms with van der Waals surface area (Å²) in [5.41, 5.74) is 0. The van der Waals surface area contributed by atoms with Crippen LogP contribution in [0.1, 0.15) is 58.3 Å². The quantitative estimate of drug-likeness (QED) is 0.399. The zero-order valence-electron chi connectivity index (χ0n) is 13.9. The Kier molecular flexibility index (Phi) is 14.0. The van der Waals surface area contributed by atoms with Gasteiger partial charge in [0.25, 0.3) is 0 Å². The lowest BCUT2D eigenvalue weighted by molar-refractivity contribution is -0.138. The molecule has 0 atom stereocenters. The number of aliphatic hydroxyl groups is 1. The molecule has 22 heavy (non-hydrogen) atoms. The highest BCUT2D eigenvalue weighted by atomic mass is 16.4. The third-order valence-electron chi connectivity index (χ3n) is 3.53. The maximum Gasteiger partial charge on any atom is 0.317 e. The van der Waals surface area contributed by atoms with Gasteiger partial charge in [-0.25, -0.2) is 0 Å². The Morgan fingerprint density at radius 1 is 1.00 bits per heavy atom. The molecule has 0 unspecified atom stereocenters. The molecule has 0 aromatic heterocycles. The first-order valence-electron chi connectivity index (χ1n) is 8.41. The number of nitrogens with one attached hydrogen (secondary N) is 1. The number of carboxylic acid groups (broad SMARTS) is 1. The average molecular weight is 316 g/mol. The lowest BCUT2D eigenvalue weighted by Gasteiger charge is -2.19. The van der Waals surface area contributed by atoms with E-state index < -0.39 is 5.97 Å². The van der Waals surface area contributed by atoms with Gasteiger partial charge in [-0.3, -0.25) is 14.5 Å². The Morgan fingerprint density at radius 2 is 1.64 bits per heavy atom. The zero-order valence-corrected chi connectivity index (χ0v) is 13.9. The number of carbonyl (C=O) groups is 2. The Bertz CT molecular complexity index is 298. The average Bonchev–Trinajstić information content (AvgIpc) is 2.46. The highest BCUT2D eigenvalue weighted by Crippen LogP contribution is 2.08. The van der Waals surface area contributed by atoms with Crippen LogP contribution in [0.25, 0.3) is 0 Å². The van der Waals surface area contributed by atoms with Crippen molar-refractivity contribution < 1.29 is 19.8 Å². The van der Waals surface area contributed by atoms with Gasteiger partial charge in [-0.2, -0.15) is 0 Å². The van der Waals surface area contributed by atoms with Gasteiger partial charge in [0.1, 0.15) is 0 Å². The van der Waals surface area contributed by atoms with E-state index in [1.165, 1.54) is 32.1 Å². The van der Waals surface area contributed by atoms with Gasteiger partial charge in [-0.1, -0.05) is 45.4 Å². The van der Waals surface area contributed by atoms with Gasteiger partial charge in [-0.05, 0) is 6.42 Å². The number of hydrogen-bond donors (Lipinski definition) is 3. The molecule has 6 heteroatoms. The van der Waals surface area contributed by atoms with Gasteiger partial charge in [0.15, 0.2) is 0 Å². The predicted molar refractivity (Wildman–Crippen MR) is 86.8 cm³/mol. The number of aliphatic carboxylic acids is 1. The first-order valence-corrected chi connectivity index (χ1v) is 8.41. The smallest absolute Gasteiger partial charge is 0.317 e. The number of amides is 1. The number of aliphatic hydroxyl groups excluding tert-OH is 1. The number of carbonyl (C=O) groups excluding carboxylic acids is 1. The summed E-state index contributed by atoms with van der Waals surface area (Å²) in [4.78, 5) is 23.9. The van der Waals surface area contributed by atoms with E-state index in [1.807, 2.05) is 0 Å². The highest BCUT2D eigenvalue weighted by molar-refractivity contribution is 5.75. The van der Waals surface area contributed by atoms with Crippen LogP contribution >= 0.6 is 0 Å². The molecule has 130 valence electrons. The molecule has 0 spiro atoms. The summed E-state index contributed by atoms with van der Waals surface area (Å²) in [5.74, 6) is -0.907.